The van der Waals surface area contributed by atoms with Gasteiger partial charge < -0.3 is 9.88 Å². The lowest BCUT2D eigenvalue weighted by atomic mass is 10.0. The Bertz CT molecular complexity index is 528. The molecule has 2 rings (SSSR count). The third-order valence-corrected chi connectivity index (χ3v) is 3.93. The van der Waals surface area contributed by atoms with E-state index in [9.17, 15) is 0 Å². The number of rotatable bonds is 5. The minimum absolute atomic E-state index is 0.209. The molecule has 0 radical (unpaired) electrons. The Morgan fingerprint density at radius 3 is 2.78 bits per heavy atom. The molecule has 0 amide bonds. The van der Waals surface area contributed by atoms with Crippen LogP contribution in [-0.2, 0) is 6.54 Å². The quantitative estimate of drug-likeness (QED) is 0.861. The predicted octanol–water partition coefficient (Wildman–Crippen LogP) is 4.07. The summed E-state index contributed by atoms with van der Waals surface area (Å²) >= 11 is 6.17. The van der Waals surface area contributed by atoms with E-state index in [1.165, 1.54) is 5.52 Å². The van der Waals surface area contributed by atoms with Crippen LogP contribution in [-0.4, -0.2) is 16.7 Å². The maximum atomic E-state index is 6.17. The first kappa shape index (κ1) is 13.4. The van der Waals surface area contributed by atoms with E-state index in [0.717, 1.165) is 29.9 Å². The molecule has 1 aromatic carbocycles. The highest BCUT2D eigenvalue weighted by atomic mass is 35.5. The van der Waals surface area contributed by atoms with Crippen molar-refractivity contribution in [2.24, 2.45) is 0 Å². The number of nitrogens with one attached hydrogen (secondary N) is 1. The van der Waals surface area contributed by atoms with E-state index in [4.69, 9.17) is 11.6 Å². The molecule has 0 spiro atoms. The van der Waals surface area contributed by atoms with Crippen LogP contribution in [0, 0.1) is 0 Å². The van der Waals surface area contributed by atoms with Crippen LogP contribution in [0.5, 0.6) is 0 Å². The number of halogens is 1. The van der Waals surface area contributed by atoms with Crippen LogP contribution in [0.15, 0.2) is 30.5 Å². The lowest BCUT2D eigenvalue weighted by molar-refractivity contribution is 0.369. The first-order valence-electron chi connectivity index (χ1n) is 6.52. The SMILES string of the molecule is CCC(C)(C)NCCn1ccc2c(Cl)cccc21. The molecule has 0 saturated carbocycles. The van der Waals surface area contributed by atoms with Gasteiger partial charge in [0.15, 0.2) is 0 Å². The van der Waals surface area contributed by atoms with Crippen molar-refractivity contribution in [3.05, 3.63) is 35.5 Å². The van der Waals surface area contributed by atoms with Gasteiger partial charge in [-0.3, -0.25) is 0 Å². The van der Waals surface area contributed by atoms with Crippen molar-refractivity contribution in [2.45, 2.75) is 39.3 Å². The molecule has 18 heavy (non-hydrogen) atoms. The Balaban J connectivity index is 2.07. The van der Waals surface area contributed by atoms with Crippen molar-refractivity contribution < 1.29 is 0 Å². The minimum Gasteiger partial charge on any atom is -0.346 e. The minimum atomic E-state index is 0.209. The predicted molar refractivity (Wildman–Crippen MR) is 79.3 cm³/mol. The average molecular weight is 265 g/mol. The fourth-order valence-electron chi connectivity index (χ4n) is 2.02. The molecule has 1 heterocycles. The largest absolute Gasteiger partial charge is 0.346 e. The zero-order valence-corrected chi connectivity index (χ0v) is 12.1. The molecule has 0 unspecified atom stereocenters. The zero-order chi connectivity index (χ0) is 13.2. The summed E-state index contributed by atoms with van der Waals surface area (Å²) in [4.78, 5) is 0. The summed E-state index contributed by atoms with van der Waals surface area (Å²) in [5, 5.41) is 5.53. The van der Waals surface area contributed by atoms with Gasteiger partial charge in [-0.15, -0.1) is 0 Å². The average Bonchev–Trinajstić information content (AvgIpc) is 2.74. The van der Waals surface area contributed by atoms with Gasteiger partial charge in [0.1, 0.15) is 0 Å². The Labute approximate surface area is 114 Å². The van der Waals surface area contributed by atoms with Crippen LogP contribution in [0.25, 0.3) is 10.9 Å². The number of nitrogens with zero attached hydrogens (tertiary/aromatic N) is 1. The summed E-state index contributed by atoms with van der Waals surface area (Å²) in [6, 6.07) is 8.14. The molecule has 2 aromatic rings. The molecule has 1 N–H and O–H groups in total. The van der Waals surface area contributed by atoms with Crippen molar-refractivity contribution in [3.8, 4) is 0 Å². The molecular formula is C15H21ClN2. The zero-order valence-electron chi connectivity index (χ0n) is 11.3. The Morgan fingerprint density at radius 1 is 1.28 bits per heavy atom. The maximum Gasteiger partial charge on any atom is 0.0499 e. The van der Waals surface area contributed by atoms with Crippen LogP contribution in [0.3, 0.4) is 0 Å². The number of hydrogen-bond donors (Lipinski definition) is 1. The number of fused-ring (bicyclic) bond motifs is 1. The van der Waals surface area contributed by atoms with Crippen molar-refractivity contribution in [1.82, 2.24) is 9.88 Å². The van der Waals surface area contributed by atoms with Crippen LogP contribution in [0.4, 0.5) is 0 Å². The monoisotopic (exact) mass is 264 g/mol. The molecule has 0 saturated heterocycles. The summed E-state index contributed by atoms with van der Waals surface area (Å²) in [6.45, 7) is 8.61. The number of aromatic nitrogens is 1. The second-order valence-electron chi connectivity index (χ2n) is 5.35. The van der Waals surface area contributed by atoms with Crippen molar-refractivity contribution in [3.63, 3.8) is 0 Å². The second-order valence-corrected chi connectivity index (χ2v) is 5.75. The molecule has 2 nitrogen and oxygen atoms in total. The number of benzene rings is 1. The van der Waals surface area contributed by atoms with Crippen LogP contribution in [0.2, 0.25) is 5.02 Å². The maximum absolute atomic E-state index is 6.17. The molecule has 0 bridgehead atoms. The van der Waals surface area contributed by atoms with E-state index >= 15 is 0 Å². The van der Waals surface area contributed by atoms with E-state index in [2.05, 4.69) is 49.0 Å². The van der Waals surface area contributed by atoms with Crippen molar-refractivity contribution in [2.75, 3.05) is 6.54 Å². The fourth-order valence-corrected chi connectivity index (χ4v) is 2.25. The van der Waals surface area contributed by atoms with Gasteiger partial charge in [-0.25, -0.2) is 0 Å². The third-order valence-electron chi connectivity index (χ3n) is 3.60. The summed E-state index contributed by atoms with van der Waals surface area (Å²) in [7, 11) is 0. The van der Waals surface area contributed by atoms with Gasteiger partial charge in [-0.05, 0) is 38.5 Å². The van der Waals surface area contributed by atoms with E-state index in [-0.39, 0.29) is 5.54 Å². The summed E-state index contributed by atoms with van der Waals surface area (Å²) in [5.74, 6) is 0. The Kier molecular flexibility index (Phi) is 3.98. The van der Waals surface area contributed by atoms with Crippen molar-refractivity contribution in [1.29, 1.82) is 0 Å². The summed E-state index contributed by atoms with van der Waals surface area (Å²) < 4.78 is 2.25. The van der Waals surface area contributed by atoms with E-state index in [0.29, 0.717) is 0 Å². The van der Waals surface area contributed by atoms with Crippen LogP contribution < -0.4 is 5.32 Å². The standard InChI is InChI=1S/C15H21ClN2/c1-4-15(2,3)17-9-11-18-10-8-12-13(16)6-5-7-14(12)18/h5-8,10,17H,4,9,11H2,1-3H3. The second kappa shape index (κ2) is 5.33. The van der Waals surface area contributed by atoms with E-state index in [1.807, 2.05) is 12.1 Å². The molecule has 1 aromatic heterocycles. The van der Waals surface area contributed by atoms with E-state index < -0.39 is 0 Å². The molecule has 98 valence electrons. The first-order valence-corrected chi connectivity index (χ1v) is 6.90. The lowest BCUT2D eigenvalue weighted by Gasteiger charge is -2.24. The topological polar surface area (TPSA) is 17.0 Å². The number of hydrogen-bond acceptors (Lipinski definition) is 1. The lowest BCUT2D eigenvalue weighted by Crippen LogP contribution is -2.40. The smallest absolute Gasteiger partial charge is 0.0499 e. The molecule has 0 fully saturated rings. The van der Waals surface area contributed by atoms with Gasteiger partial charge in [-0.1, -0.05) is 24.6 Å². The molecular weight excluding hydrogens is 244 g/mol. The van der Waals surface area contributed by atoms with Crippen molar-refractivity contribution >= 4 is 22.5 Å². The Morgan fingerprint density at radius 2 is 2.06 bits per heavy atom. The fraction of sp³-hybridized carbons (Fsp3) is 0.467. The summed E-state index contributed by atoms with van der Waals surface area (Å²) in [5.41, 5.74) is 1.42. The van der Waals surface area contributed by atoms with Gasteiger partial charge in [-0.2, -0.15) is 0 Å². The van der Waals surface area contributed by atoms with Gasteiger partial charge >= 0.3 is 0 Å². The third kappa shape index (κ3) is 2.88. The molecule has 3 heteroatoms. The molecule has 0 aliphatic carbocycles. The van der Waals surface area contributed by atoms with Crippen LogP contribution in [0.1, 0.15) is 27.2 Å². The summed E-state index contributed by atoms with van der Waals surface area (Å²) in [6.07, 6.45) is 3.24. The molecule has 0 atom stereocenters. The highest BCUT2D eigenvalue weighted by Gasteiger charge is 2.13. The van der Waals surface area contributed by atoms with Gasteiger partial charge in [0, 0.05) is 40.8 Å². The highest BCUT2D eigenvalue weighted by molar-refractivity contribution is 6.35. The van der Waals surface area contributed by atoms with Crippen LogP contribution >= 0.6 is 11.6 Å². The molecule has 0 aliphatic heterocycles. The highest BCUT2D eigenvalue weighted by Crippen LogP contribution is 2.24. The van der Waals surface area contributed by atoms with Gasteiger partial charge in [0.25, 0.3) is 0 Å². The van der Waals surface area contributed by atoms with E-state index in [1.54, 1.807) is 0 Å². The molecule has 0 aliphatic rings. The normalized spacial score (nSPS) is 12.2. The van der Waals surface area contributed by atoms with Gasteiger partial charge in [0.05, 0.1) is 0 Å². The first-order chi connectivity index (χ1) is 8.53. The Hall–Kier alpha value is -0.990. The van der Waals surface area contributed by atoms with Gasteiger partial charge in [0.2, 0.25) is 0 Å².